The van der Waals surface area contributed by atoms with Crippen molar-refractivity contribution in [2.75, 3.05) is 11.1 Å². The predicted octanol–water partition coefficient (Wildman–Crippen LogP) is 5.59. The maximum absolute atomic E-state index is 12.9. The molecular weight excluding hydrogens is 347 g/mol. The molecule has 0 spiro atoms. The monoisotopic (exact) mass is 361 g/mol. The Morgan fingerprint density at radius 1 is 0.920 bits per heavy atom. The van der Waals surface area contributed by atoms with Crippen LogP contribution in [-0.4, -0.2) is 11.7 Å². The molecule has 3 aromatic carbocycles. The molecule has 0 aromatic heterocycles. The molecule has 1 N–H and O–H groups in total. The summed E-state index contributed by atoms with van der Waals surface area (Å²) in [5, 5.41) is 4.49. The number of hydrogen-bond acceptors (Lipinski definition) is 2. The lowest BCUT2D eigenvalue weighted by molar-refractivity contribution is -0.137. The lowest BCUT2D eigenvalue weighted by atomic mass is 10.1. The number of thioether (sulfide) groups is 1. The molecule has 0 saturated carbocycles. The molecule has 3 aromatic rings. The highest BCUT2D eigenvalue weighted by atomic mass is 32.2. The first-order chi connectivity index (χ1) is 11.9. The van der Waals surface area contributed by atoms with Crippen molar-refractivity contribution in [1.82, 2.24) is 0 Å². The highest BCUT2D eigenvalue weighted by molar-refractivity contribution is 8.00. The van der Waals surface area contributed by atoms with E-state index in [0.29, 0.717) is 0 Å². The molecule has 0 fully saturated rings. The third-order valence-corrected chi connectivity index (χ3v) is 4.59. The summed E-state index contributed by atoms with van der Waals surface area (Å²) in [7, 11) is 0. The molecule has 0 radical (unpaired) electrons. The maximum atomic E-state index is 12.9. The molecule has 0 unspecified atom stereocenters. The van der Waals surface area contributed by atoms with Gasteiger partial charge < -0.3 is 5.32 Å². The highest BCUT2D eigenvalue weighted by Gasteiger charge is 2.33. The van der Waals surface area contributed by atoms with E-state index in [2.05, 4.69) is 5.32 Å². The Hall–Kier alpha value is -2.47. The van der Waals surface area contributed by atoms with Crippen molar-refractivity contribution in [2.24, 2.45) is 0 Å². The fourth-order valence-corrected chi connectivity index (χ4v) is 3.18. The molecular formula is C19H14F3NOS. The van der Waals surface area contributed by atoms with Crippen LogP contribution in [0.2, 0.25) is 0 Å². The number of para-hydroxylation sites is 1. The minimum absolute atomic E-state index is 0.0323. The largest absolute Gasteiger partial charge is 0.418 e. The minimum Gasteiger partial charge on any atom is -0.325 e. The van der Waals surface area contributed by atoms with E-state index in [1.165, 1.54) is 30.0 Å². The molecule has 25 heavy (non-hydrogen) atoms. The summed E-state index contributed by atoms with van der Waals surface area (Å²) < 4.78 is 38.8. The Bertz CT molecular complexity index is 908. The third kappa shape index (κ3) is 4.33. The van der Waals surface area contributed by atoms with Crippen molar-refractivity contribution < 1.29 is 18.0 Å². The Morgan fingerprint density at radius 2 is 1.60 bits per heavy atom. The number of anilines is 1. The summed E-state index contributed by atoms with van der Waals surface area (Å²) in [6.45, 7) is 0. The number of alkyl halides is 3. The van der Waals surface area contributed by atoms with E-state index < -0.39 is 17.6 Å². The first kappa shape index (κ1) is 17.4. The quantitative estimate of drug-likeness (QED) is 0.614. The van der Waals surface area contributed by atoms with Gasteiger partial charge in [0.1, 0.15) is 0 Å². The summed E-state index contributed by atoms with van der Waals surface area (Å²) in [6.07, 6.45) is -4.50. The summed E-state index contributed by atoms with van der Waals surface area (Å²) in [6, 6.07) is 18.6. The number of rotatable bonds is 4. The molecule has 6 heteroatoms. The van der Waals surface area contributed by atoms with Crippen LogP contribution in [0.3, 0.4) is 0 Å². The van der Waals surface area contributed by atoms with Crippen molar-refractivity contribution in [3.63, 3.8) is 0 Å². The van der Waals surface area contributed by atoms with Gasteiger partial charge in [-0.15, -0.1) is 11.8 Å². The van der Waals surface area contributed by atoms with Crippen LogP contribution in [0.4, 0.5) is 18.9 Å². The second-order valence-electron chi connectivity index (χ2n) is 5.39. The maximum Gasteiger partial charge on any atom is 0.418 e. The van der Waals surface area contributed by atoms with Gasteiger partial charge in [0, 0.05) is 4.90 Å². The van der Waals surface area contributed by atoms with Crippen LogP contribution in [0.1, 0.15) is 5.56 Å². The number of halogens is 3. The smallest absolute Gasteiger partial charge is 0.325 e. The number of nitrogens with one attached hydrogen (secondary N) is 1. The molecule has 0 aliphatic heterocycles. The second kappa shape index (κ2) is 7.19. The van der Waals surface area contributed by atoms with Gasteiger partial charge in [-0.1, -0.05) is 42.5 Å². The third-order valence-electron chi connectivity index (χ3n) is 3.60. The summed E-state index contributed by atoms with van der Waals surface area (Å²) >= 11 is 1.28. The molecule has 2 nitrogen and oxygen atoms in total. The van der Waals surface area contributed by atoms with Gasteiger partial charge >= 0.3 is 6.18 Å². The molecule has 128 valence electrons. The summed E-state index contributed by atoms with van der Waals surface area (Å²) in [4.78, 5) is 12.9. The van der Waals surface area contributed by atoms with Gasteiger partial charge in [0.2, 0.25) is 5.91 Å². The standard InChI is InChI=1S/C19H14F3NOS/c20-19(21,22)16-7-3-4-8-17(16)23-18(24)12-25-15-10-9-13-5-1-2-6-14(13)11-15/h1-11H,12H2,(H,23,24). The average Bonchev–Trinajstić information content (AvgIpc) is 2.59. The molecule has 0 aliphatic carbocycles. The lowest BCUT2D eigenvalue weighted by Gasteiger charge is -2.13. The van der Waals surface area contributed by atoms with Gasteiger partial charge in [0.25, 0.3) is 0 Å². The predicted molar refractivity (Wildman–Crippen MR) is 94.7 cm³/mol. The fraction of sp³-hybridized carbons (Fsp3) is 0.105. The van der Waals surface area contributed by atoms with Gasteiger partial charge in [0.05, 0.1) is 17.0 Å². The second-order valence-corrected chi connectivity index (χ2v) is 6.44. The highest BCUT2D eigenvalue weighted by Crippen LogP contribution is 2.34. The number of fused-ring (bicyclic) bond motifs is 1. The minimum atomic E-state index is -4.50. The van der Waals surface area contributed by atoms with Crippen molar-refractivity contribution in [2.45, 2.75) is 11.1 Å². The number of carbonyl (C=O) groups is 1. The first-order valence-electron chi connectivity index (χ1n) is 7.51. The zero-order valence-corrected chi connectivity index (χ0v) is 13.8. The molecule has 0 saturated heterocycles. The van der Waals surface area contributed by atoms with E-state index in [0.717, 1.165) is 21.7 Å². The van der Waals surface area contributed by atoms with Crippen LogP contribution >= 0.6 is 11.8 Å². The van der Waals surface area contributed by atoms with Gasteiger partial charge in [0.15, 0.2) is 0 Å². The number of benzene rings is 3. The van der Waals surface area contributed by atoms with Crippen molar-refractivity contribution in [3.8, 4) is 0 Å². The number of amides is 1. The van der Waals surface area contributed by atoms with E-state index in [1.54, 1.807) is 0 Å². The molecule has 0 aliphatic rings. The van der Waals surface area contributed by atoms with Crippen molar-refractivity contribution >= 4 is 34.1 Å². The molecule has 0 heterocycles. The van der Waals surface area contributed by atoms with E-state index in [4.69, 9.17) is 0 Å². The van der Waals surface area contributed by atoms with Crippen molar-refractivity contribution in [3.05, 3.63) is 72.3 Å². The Kier molecular flexibility index (Phi) is 4.99. The van der Waals surface area contributed by atoms with Gasteiger partial charge in [-0.3, -0.25) is 4.79 Å². The molecule has 1 amide bonds. The summed E-state index contributed by atoms with van der Waals surface area (Å²) in [5.41, 5.74) is -1.07. The van der Waals surface area contributed by atoms with E-state index >= 15 is 0 Å². The number of hydrogen-bond donors (Lipinski definition) is 1. The molecule has 3 rings (SSSR count). The Labute approximate surface area is 147 Å². The Morgan fingerprint density at radius 3 is 2.36 bits per heavy atom. The van der Waals surface area contributed by atoms with Crippen LogP contribution in [-0.2, 0) is 11.0 Å². The molecule has 0 atom stereocenters. The van der Waals surface area contributed by atoms with E-state index in [-0.39, 0.29) is 11.4 Å². The van der Waals surface area contributed by atoms with Gasteiger partial charge in [-0.05, 0) is 35.0 Å². The first-order valence-corrected chi connectivity index (χ1v) is 8.50. The Balaban J connectivity index is 1.67. The van der Waals surface area contributed by atoms with Crippen LogP contribution in [0.25, 0.3) is 10.8 Å². The zero-order chi connectivity index (χ0) is 17.9. The van der Waals surface area contributed by atoms with E-state index in [9.17, 15) is 18.0 Å². The zero-order valence-electron chi connectivity index (χ0n) is 13.0. The van der Waals surface area contributed by atoms with Gasteiger partial charge in [-0.25, -0.2) is 0 Å². The van der Waals surface area contributed by atoms with Crippen LogP contribution < -0.4 is 5.32 Å². The van der Waals surface area contributed by atoms with Crippen LogP contribution in [0.5, 0.6) is 0 Å². The average molecular weight is 361 g/mol. The molecule has 0 bridgehead atoms. The van der Waals surface area contributed by atoms with Crippen LogP contribution in [0, 0.1) is 0 Å². The van der Waals surface area contributed by atoms with Gasteiger partial charge in [-0.2, -0.15) is 13.2 Å². The van der Waals surface area contributed by atoms with Crippen molar-refractivity contribution in [1.29, 1.82) is 0 Å². The topological polar surface area (TPSA) is 29.1 Å². The lowest BCUT2D eigenvalue weighted by Crippen LogP contribution is -2.18. The number of carbonyl (C=O) groups excluding carboxylic acids is 1. The SMILES string of the molecule is O=C(CSc1ccc2ccccc2c1)Nc1ccccc1C(F)(F)F. The normalized spacial score (nSPS) is 11.5. The fourth-order valence-electron chi connectivity index (χ4n) is 2.43. The van der Waals surface area contributed by atoms with Crippen LogP contribution in [0.15, 0.2) is 71.6 Å². The van der Waals surface area contributed by atoms with E-state index in [1.807, 2.05) is 42.5 Å². The summed E-state index contributed by atoms with van der Waals surface area (Å²) in [5.74, 6) is -0.445.